The molecule has 1 atom stereocenters. The summed E-state index contributed by atoms with van der Waals surface area (Å²) in [4.78, 5) is 6.66. The van der Waals surface area contributed by atoms with Gasteiger partial charge in [-0.1, -0.05) is 0 Å². The molecule has 0 spiro atoms. The van der Waals surface area contributed by atoms with E-state index in [9.17, 15) is 0 Å². The Morgan fingerprint density at radius 1 is 1.56 bits per heavy atom. The van der Waals surface area contributed by atoms with Crippen molar-refractivity contribution in [3.8, 4) is 0 Å². The molecule has 2 heterocycles. The predicted molar refractivity (Wildman–Crippen MR) is 71.4 cm³/mol. The van der Waals surface area contributed by atoms with E-state index in [4.69, 9.17) is 4.74 Å². The summed E-state index contributed by atoms with van der Waals surface area (Å²) < 4.78 is 7.30. The summed E-state index contributed by atoms with van der Waals surface area (Å²) in [6, 6.07) is 0. The van der Waals surface area contributed by atoms with Gasteiger partial charge in [0.25, 0.3) is 0 Å². The fraction of sp³-hybridized carbons (Fsp3) is 0.769. The maximum absolute atomic E-state index is 5.02. The Bertz CT molecular complexity index is 353. The highest BCUT2D eigenvalue weighted by molar-refractivity contribution is 4.98. The number of nitrogens with one attached hydrogen (secondary N) is 1. The number of ether oxygens (including phenoxy) is 1. The lowest BCUT2D eigenvalue weighted by Gasteiger charge is -2.14. The highest BCUT2D eigenvalue weighted by Crippen LogP contribution is 2.17. The van der Waals surface area contributed by atoms with Crippen LogP contribution >= 0.6 is 0 Å². The third-order valence-corrected chi connectivity index (χ3v) is 3.53. The lowest BCUT2D eigenvalue weighted by atomic mass is 10.1. The van der Waals surface area contributed by atoms with Gasteiger partial charge >= 0.3 is 0 Å². The van der Waals surface area contributed by atoms with Gasteiger partial charge in [0.05, 0.1) is 18.6 Å². The van der Waals surface area contributed by atoms with E-state index >= 15 is 0 Å². The van der Waals surface area contributed by atoms with E-state index < -0.39 is 0 Å². The van der Waals surface area contributed by atoms with Crippen LogP contribution in [0.1, 0.15) is 12.1 Å². The molecule has 1 aliphatic rings. The van der Waals surface area contributed by atoms with Crippen LogP contribution in [0.2, 0.25) is 0 Å². The average Bonchev–Trinajstić information content (AvgIpc) is 2.95. The van der Waals surface area contributed by atoms with Crippen LogP contribution in [0.4, 0.5) is 0 Å². The molecule has 1 aliphatic heterocycles. The van der Waals surface area contributed by atoms with Crippen LogP contribution in [-0.4, -0.2) is 54.8 Å². The van der Waals surface area contributed by atoms with E-state index in [2.05, 4.69) is 26.8 Å². The fourth-order valence-corrected chi connectivity index (χ4v) is 2.50. The SMILES string of the molecule is COCCNCc1cncn1CC1CCN(C)C1. The summed E-state index contributed by atoms with van der Waals surface area (Å²) in [6.45, 7) is 6.02. The van der Waals surface area contributed by atoms with Crippen molar-refractivity contribution in [2.24, 2.45) is 5.92 Å². The Morgan fingerprint density at radius 2 is 2.44 bits per heavy atom. The zero-order valence-corrected chi connectivity index (χ0v) is 11.4. The lowest BCUT2D eigenvalue weighted by molar-refractivity contribution is 0.199. The smallest absolute Gasteiger partial charge is 0.0948 e. The molecule has 18 heavy (non-hydrogen) atoms. The summed E-state index contributed by atoms with van der Waals surface area (Å²) in [5, 5.41) is 3.37. The number of likely N-dealkylation sites (tertiary alicyclic amines) is 1. The number of hydrogen-bond acceptors (Lipinski definition) is 4. The molecule has 0 aliphatic carbocycles. The maximum atomic E-state index is 5.02. The first-order valence-electron chi connectivity index (χ1n) is 6.67. The second-order valence-electron chi connectivity index (χ2n) is 5.12. The largest absolute Gasteiger partial charge is 0.383 e. The average molecular weight is 252 g/mol. The second-order valence-corrected chi connectivity index (χ2v) is 5.12. The monoisotopic (exact) mass is 252 g/mol. The Balaban J connectivity index is 1.79. The number of hydrogen-bond donors (Lipinski definition) is 1. The Morgan fingerprint density at radius 3 is 3.17 bits per heavy atom. The Kier molecular flexibility index (Phi) is 5.16. The van der Waals surface area contributed by atoms with Crippen LogP contribution < -0.4 is 5.32 Å². The van der Waals surface area contributed by atoms with Gasteiger partial charge in [0.2, 0.25) is 0 Å². The van der Waals surface area contributed by atoms with E-state index in [0.717, 1.165) is 32.2 Å². The van der Waals surface area contributed by atoms with Gasteiger partial charge in [-0.2, -0.15) is 0 Å². The van der Waals surface area contributed by atoms with Crippen LogP contribution in [0.25, 0.3) is 0 Å². The number of methoxy groups -OCH3 is 1. The molecule has 1 unspecified atom stereocenters. The van der Waals surface area contributed by atoms with E-state index in [1.807, 2.05) is 12.5 Å². The Labute approximate surface area is 109 Å². The zero-order valence-electron chi connectivity index (χ0n) is 11.4. The number of imidazole rings is 1. The molecule has 1 aromatic rings. The van der Waals surface area contributed by atoms with Crippen LogP contribution in [0, 0.1) is 5.92 Å². The van der Waals surface area contributed by atoms with Crippen LogP contribution in [0.5, 0.6) is 0 Å². The van der Waals surface area contributed by atoms with Gasteiger partial charge in [0.1, 0.15) is 0 Å². The van der Waals surface area contributed by atoms with E-state index in [1.165, 1.54) is 25.2 Å². The van der Waals surface area contributed by atoms with Gasteiger partial charge in [0.15, 0.2) is 0 Å². The number of nitrogens with zero attached hydrogens (tertiary/aromatic N) is 3. The highest BCUT2D eigenvalue weighted by Gasteiger charge is 2.20. The topological polar surface area (TPSA) is 42.3 Å². The molecule has 102 valence electrons. The van der Waals surface area contributed by atoms with Crippen LogP contribution in [0.3, 0.4) is 0 Å². The fourth-order valence-electron chi connectivity index (χ4n) is 2.50. The van der Waals surface area contributed by atoms with Crippen molar-refractivity contribution in [1.82, 2.24) is 19.8 Å². The van der Waals surface area contributed by atoms with Crippen LogP contribution in [-0.2, 0) is 17.8 Å². The van der Waals surface area contributed by atoms with Crippen molar-refractivity contribution in [2.75, 3.05) is 40.4 Å². The van der Waals surface area contributed by atoms with Gasteiger partial charge in [-0.3, -0.25) is 0 Å². The van der Waals surface area contributed by atoms with E-state index in [-0.39, 0.29) is 0 Å². The molecular weight excluding hydrogens is 228 g/mol. The zero-order chi connectivity index (χ0) is 12.8. The third kappa shape index (κ3) is 3.80. The first-order chi connectivity index (χ1) is 8.79. The minimum atomic E-state index is 0.752. The first kappa shape index (κ1) is 13.5. The Hall–Kier alpha value is -0.910. The summed E-state index contributed by atoms with van der Waals surface area (Å²) in [7, 11) is 3.92. The van der Waals surface area contributed by atoms with Crippen molar-refractivity contribution in [2.45, 2.75) is 19.5 Å². The van der Waals surface area contributed by atoms with Crippen molar-refractivity contribution in [1.29, 1.82) is 0 Å². The lowest BCUT2D eigenvalue weighted by Crippen LogP contribution is -2.22. The molecule has 1 aromatic heterocycles. The summed E-state index contributed by atoms with van der Waals surface area (Å²) in [5.41, 5.74) is 1.26. The molecule has 5 heteroatoms. The first-order valence-corrected chi connectivity index (χ1v) is 6.67. The third-order valence-electron chi connectivity index (χ3n) is 3.53. The van der Waals surface area contributed by atoms with E-state index in [1.54, 1.807) is 7.11 Å². The molecule has 1 saturated heterocycles. The predicted octanol–water partition coefficient (Wildman–Crippen LogP) is 0.571. The van der Waals surface area contributed by atoms with Gasteiger partial charge < -0.3 is 19.5 Å². The molecule has 0 bridgehead atoms. The minimum Gasteiger partial charge on any atom is -0.383 e. The summed E-state index contributed by atoms with van der Waals surface area (Å²) in [5.74, 6) is 0.766. The normalized spacial score (nSPS) is 20.7. The van der Waals surface area contributed by atoms with E-state index in [0.29, 0.717) is 0 Å². The molecule has 0 radical (unpaired) electrons. The molecule has 0 aromatic carbocycles. The van der Waals surface area contributed by atoms with Gasteiger partial charge in [0, 0.05) is 39.5 Å². The quantitative estimate of drug-likeness (QED) is 0.721. The van der Waals surface area contributed by atoms with Crippen LogP contribution in [0.15, 0.2) is 12.5 Å². The second kappa shape index (κ2) is 6.87. The van der Waals surface area contributed by atoms with Crippen molar-refractivity contribution in [3.63, 3.8) is 0 Å². The molecule has 0 amide bonds. The van der Waals surface area contributed by atoms with Crippen molar-refractivity contribution < 1.29 is 4.74 Å². The summed E-state index contributed by atoms with van der Waals surface area (Å²) >= 11 is 0. The molecular formula is C13H24N4O. The molecule has 1 N–H and O–H groups in total. The van der Waals surface area contributed by atoms with Crippen molar-refractivity contribution in [3.05, 3.63) is 18.2 Å². The van der Waals surface area contributed by atoms with Gasteiger partial charge in [-0.05, 0) is 25.9 Å². The minimum absolute atomic E-state index is 0.752. The van der Waals surface area contributed by atoms with Crippen molar-refractivity contribution >= 4 is 0 Å². The molecule has 5 nitrogen and oxygen atoms in total. The van der Waals surface area contributed by atoms with Gasteiger partial charge in [-0.25, -0.2) is 4.98 Å². The summed E-state index contributed by atoms with van der Waals surface area (Å²) in [6.07, 6.45) is 5.20. The molecule has 2 rings (SSSR count). The molecule has 0 saturated carbocycles. The number of rotatable bonds is 7. The maximum Gasteiger partial charge on any atom is 0.0948 e. The number of aromatic nitrogens is 2. The van der Waals surface area contributed by atoms with Gasteiger partial charge in [-0.15, -0.1) is 0 Å². The molecule has 1 fully saturated rings. The highest BCUT2D eigenvalue weighted by atomic mass is 16.5. The standard InChI is InChI=1S/C13H24N4O/c1-16-5-3-12(9-16)10-17-11-15-8-13(17)7-14-4-6-18-2/h8,11-12,14H,3-7,9-10H2,1-2H3.